The highest BCUT2D eigenvalue weighted by Crippen LogP contribution is 2.25. The van der Waals surface area contributed by atoms with Crippen molar-refractivity contribution in [2.45, 2.75) is 71.4 Å². The Hall–Kier alpha value is -0.810. The number of carbonyl (C=O) groups is 1. The van der Waals surface area contributed by atoms with Gasteiger partial charge < -0.3 is 20.1 Å². The molecule has 1 aliphatic rings. The average molecular weight is 314 g/mol. The van der Waals surface area contributed by atoms with Crippen LogP contribution in [0.25, 0.3) is 0 Å². The van der Waals surface area contributed by atoms with E-state index in [1.54, 1.807) is 0 Å². The van der Waals surface area contributed by atoms with Gasteiger partial charge in [-0.15, -0.1) is 0 Å². The van der Waals surface area contributed by atoms with Crippen LogP contribution in [0.4, 0.5) is 4.79 Å². The van der Waals surface area contributed by atoms with Crippen LogP contribution >= 0.6 is 0 Å². The van der Waals surface area contributed by atoms with Crippen molar-refractivity contribution in [1.82, 2.24) is 10.6 Å². The maximum atomic E-state index is 11.7. The van der Waals surface area contributed by atoms with E-state index >= 15 is 0 Å². The van der Waals surface area contributed by atoms with Gasteiger partial charge in [0, 0.05) is 25.7 Å². The molecule has 0 spiro atoms. The van der Waals surface area contributed by atoms with E-state index in [4.69, 9.17) is 9.47 Å². The van der Waals surface area contributed by atoms with E-state index in [1.807, 2.05) is 20.8 Å². The lowest BCUT2D eigenvalue weighted by Crippen LogP contribution is -2.41. The summed E-state index contributed by atoms with van der Waals surface area (Å²) in [7, 11) is 0. The number of ether oxygens (including phenoxy) is 2. The molecule has 0 aromatic heterocycles. The van der Waals surface area contributed by atoms with E-state index in [9.17, 15) is 4.79 Å². The van der Waals surface area contributed by atoms with Gasteiger partial charge in [-0.1, -0.05) is 19.8 Å². The molecular formula is C17H34N2O3. The molecule has 0 radical (unpaired) electrons. The fourth-order valence-corrected chi connectivity index (χ4v) is 2.74. The van der Waals surface area contributed by atoms with Gasteiger partial charge in [0.2, 0.25) is 0 Å². The molecule has 1 aliphatic carbocycles. The van der Waals surface area contributed by atoms with Gasteiger partial charge in [-0.25, -0.2) is 4.79 Å². The van der Waals surface area contributed by atoms with Crippen molar-refractivity contribution in [2.24, 2.45) is 5.92 Å². The Kier molecular flexibility index (Phi) is 8.79. The van der Waals surface area contributed by atoms with Crippen LogP contribution in [0.3, 0.4) is 0 Å². The number of unbranched alkanes of at least 4 members (excludes halogenated alkanes) is 1. The summed E-state index contributed by atoms with van der Waals surface area (Å²) >= 11 is 0. The Morgan fingerprint density at radius 1 is 1.23 bits per heavy atom. The van der Waals surface area contributed by atoms with Gasteiger partial charge in [-0.05, 0) is 46.0 Å². The number of carbonyl (C=O) groups excluding carboxylic acids is 1. The van der Waals surface area contributed by atoms with Crippen molar-refractivity contribution in [3.63, 3.8) is 0 Å². The Morgan fingerprint density at radius 3 is 2.68 bits per heavy atom. The van der Waals surface area contributed by atoms with Crippen molar-refractivity contribution < 1.29 is 14.3 Å². The summed E-state index contributed by atoms with van der Waals surface area (Å²) in [5, 5.41) is 6.46. The van der Waals surface area contributed by atoms with E-state index in [0.717, 1.165) is 32.6 Å². The third-order valence-corrected chi connectivity index (χ3v) is 3.86. The molecule has 2 N–H and O–H groups in total. The van der Waals surface area contributed by atoms with E-state index in [2.05, 4.69) is 17.6 Å². The highest BCUT2D eigenvalue weighted by molar-refractivity contribution is 5.67. The number of alkyl carbamates (subject to hydrolysis) is 1. The maximum absolute atomic E-state index is 11.7. The van der Waals surface area contributed by atoms with Crippen molar-refractivity contribution in [3.8, 4) is 0 Å². The molecule has 5 nitrogen and oxygen atoms in total. The third kappa shape index (κ3) is 8.59. The highest BCUT2D eigenvalue weighted by atomic mass is 16.6. The standard InChI is InChI=1S/C17H34N2O3/c1-5-6-11-21-12-10-18-15-9-7-8-14(15)13-19-16(20)22-17(2,3)4/h14-15,18H,5-13H2,1-4H3,(H,19,20). The Labute approximate surface area is 135 Å². The minimum Gasteiger partial charge on any atom is -0.444 e. The first kappa shape index (κ1) is 19.2. The molecule has 130 valence electrons. The molecule has 1 fully saturated rings. The van der Waals surface area contributed by atoms with E-state index in [1.165, 1.54) is 19.3 Å². The minimum atomic E-state index is -0.437. The molecule has 2 atom stereocenters. The van der Waals surface area contributed by atoms with E-state index < -0.39 is 5.60 Å². The summed E-state index contributed by atoms with van der Waals surface area (Å²) in [6.45, 7) is 11.0. The summed E-state index contributed by atoms with van der Waals surface area (Å²) in [5.41, 5.74) is -0.437. The summed E-state index contributed by atoms with van der Waals surface area (Å²) in [5.74, 6) is 0.489. The van der Waals surface area contributed by atoms with Crippen LogP contribution in [0.2, 0.25) is 0 Å². The first-order valence-electron chi connectivity index (χ1n) is 8.70. The first-order chi connectivity index (χ1) is 10.4. The second-order valence-electron chi connectivity index (χ2n) is 7.10. The molecule has 5 heteroatoms. The average Bonchev–Trinajstić information content (AvgIpc) is 2.86. The number of rotatable bonds is 9. The van der Waals surface area contributed by atoms with Crippen LogP contribution in [0, 0.1) is 5.92 Å². The van der Waals surface area contributed by atoms with Crippen molar-refractivity contribution in [1.29, 1.82) is 0 Å². The number of nitrogens with one attached hydrogen (secondary N) is 2. The molecule has 1 rings (SSSR count). The van der Waals surface area contributed by atoms with E-state index in [-0.39, 0.29) is 6.09 Å². The monoisotopic (exact) mass is 314 g/mol. The summed E-state index contributed by atoms with van der Waals surface area (Å²) in [4.78, 5) is 11.7. The molecule has 0 heterocycles. The molecule has 0 aromatic carbocycles. The van der Waals surface area contributed by atoms with Gasteiger partial charge in [0.05, 0.1) is 6.61 Å². The summed E-state index contributed by atoms with van der Waals surface area (Å²) < 4.78 is 10.8. The molecular weight excluding hydrogens is 280 g/mol. The summed E-state index contributed by atoms with van der Waals surface area (Å²) in [6.07, 6.45) is 5.54. The SMILES string of the molecule is CCCCOCCNC1CCCC1CNC(=O)OC(C)(C)C. The van der Waals surface area contributed by atoms with Crippen LogP contribution in [-0.2, 0) is 9.47 Å². The fraction of sp³-hybridized carbons (Fsp3) is 0.941. The van der Waals surface area contributed by atoms with Crippen LogP contribution < -0.4 is 10.6 Å². The Morgan fingerprint density at radius 2 is 2.00 bits per heavy atom. The second kappa shape index (κ2) is 10.1. The predicted molar refractivity (Wildman–Crippen MR) is 89.1 cm³/mol. The van der Waals surface area contributed by atoms with Gasteiger partial charge in [0.15, 0.2) is 0 Å². The Bertz CT molecular complexity index is 316. The minimum absolute atomic E-state index is 0.318. The van der Waals surface area contributed by atoms with Crippen LogP contribution in [-0.4, -0.2) is 44.0 Å². The third-order valence-electron chi connectivity index (χ3n) is 3.86. The molecule has 0 aliphatic heterocycles. The number of hydrogen-bond donors (Lipinski definition) is 2. The quantitative estimate of drug-likeness (QED) is 0.642. The highest BCUT2D eigenvalue weighted by Gasteiger charge is 2.27. The molecule has 22 heavy (non-hydrogen) atoms. The number of hydrogen-bond acceptors (Lipinski definition) is 4. The molecule has 2 unspecified atom stereocenters. The first-order valence-corrected chi connectivity index (χ1v) is 8.70. The molecule has 1 amide bonds. The molecule has 0 bridgehead atoms. The molecule has 0 saturated heterocycles. The molecule has 0 aromatic rings. The molecule has 1 saturated carbocycles. The van der Waals surface area contributed by atoms with Gasteiger partial charge >= 0.3 is 6.09 Å². The lowest BCUT2D eigenvalue weighted by molar-refractivity contribution is 0.0516. The van der Waals surface area contributed by atoms with Gasteiger partial charge in [-0.2, -0.15) is 0 Å². The summed E-state index contributed by atoms with van der Waals surface area (Å²) in [6, 6.07) is 0.477. The Balaban J connectivity index is 2.16. The van der Waals surface area contributed by atoms with Crippen molar-refractivity contribution in [3.05, 3.63) is 0 Å². The maximum Gasteiger partial charge on any atom is 0.407 e. The normalized spacial score (nSPS) is 21.8. The van der Waals surface area contributed by atoms with Crippen LogP contribution in [0.1, 0.15) is 59.8 Å². The fourth-order valence-electron chi connectivity index (χ4n) is 2.74. The zero-order valence-electron chi connectivity index (χ0n) is 14.7. The van der Waals surface area contributed by atoms with Crippen molar-refractivity contribution >= 4 is 6.09 Å². The lowest BCUT2D eigenvalue weighted by Gasteiger charge is -2.23. The van der Waals surface area contributed by atoms with Crippen LogP contribution in [0.15, 0.2) is 0 Å². The zero-order chi connectivity index (χ0) is 16.4. The smallest absolute Gasteiger partial charge is 0.407 e. The number of amides is 1. The zero-order valence-corrected chi connectivity index (χ0v) is 14.7. The van der Waals surface area contributed by atoms with E-state index in [0.29, 0.717) is 18.5 Å². The largest absolute Gasteiger partial charge is 0.444 e. The van der Waals surface area contributed by atoms with Crippen LogP contribution in [0.5, 0.6) is 0 Å². The van der Waals surface area contributed by atoms with Gasteiger partial charge in [-0.3, -0.25) is 0 Å². The second-order valence-corrected chi connectivity index (χ2v) is 7.10. The van der Waals surface area contributed by atoms with Gasteiger partial charge in [0.25, 0.3) is 0 Å². The predicted octanol–water partition coefficient (Wildman–Crippen LogP) is 3.09. The lowest BCUT2D eigenvalue weighted by atomic mass is 10.0. The topological polar surface area (TPSA) is 59.6 Å². The van der Waals surface area contributed by atoms with Gasteiger partial charge in [0.1, 0.15) is 5.60 Å². The van der Waals surface area contributed by atoms with Crippen molar-refractivity contribution in [2.75, 3.05) is 26.3 Å².